The molecule has 6 rings (SSSR count). The van der Waals surface area contributed by atoms with Gasteiger partial charge in [0, 0.05) is 0 Å². The Bertz CT molecular complexity index is 1450. The summed E-state index contributed by atoms with van der Waals surface area (Å²) in [5.41, 5.74) is 5.97. The predicted molar refractivity (Wildman–Crippen MR) is 129 cm³/mol. The van der Waals surface area contributed by atoms with Crippen LogP contribution in [-0.2, 0) is 9.31 Å². The lowest BCUT2D eigenvalue weighted by atomic mass is 9.78. The van der Waals surface area contributed by atoms with Crippen LogP contribution >= 0.6 is 11.3 Å². The van der Waals surface area contributed by atoms with Crippen LogP contribution in [0.15, 0.2) is 66.7 Å². The highest BCUT2D eigenvalue weighted by atomic mass is 32.1. The smallest absolute Gasteiger partial charge is 0.399 e. The van der Waals surface area contributed by atoms with E-state index in [-0.39, 0.29) is 18.3 Å². The molecule has 6 heteroatoms. The van der Waals surface area contributed by atoms with Crippen LogP contribution in [0.4, 0.5) is 0 Å². The summed E-state index contributed by atoms with van der Waals surface area (Å²) in [6, 6.07) is 23.4. The second kappa shape index (κ2) is 6.42. The maximum absolute atomic E-state index is 6.25. The molecule has 1 aliphatic heterocycles. The van der Waals surface area contributed by atoms with Gasteiger partial charge in [-0.05, 0) is 68.6 Å². The van der Waals surface area contributed by atoms with Crippen molar-refractivity contribution in [3.63, 3.8) is 0 Å². The van der Waals surface area contributed by atoms with E-state index >= 15 is 0 Å². The lowest BCUT2D eigenvalue weighted by molar-refractivity contribution is 0.00578. The zero-order chi connectivity index (χ0) is 21.4. The third kappa shape index (κ3) is 2.86. The molecule has 0 bridgehead atoms. The Hall–Kier alpha value is -2.67. The van der Waals surface area contributed by atoms with E-state index in [1.807, 2.05) is 0 Å². The molecule has 4 nitrogen and oxygen atoms in total. The molecular weight excluding hydrogens is 403 g/mol. The largest absolute Gasteiger partial charge is 0.494 e. The van der Waals surface area contributed by atoms with Gasteiger partial charge in [0.15, 0.2) is 4.96 Å². The Kier molecular flexibility index (Phi) is 3.95. The van der Waals surface area contributed by atoms with Gasteiger partial charge in [-0.25, -0.2) is 4.98 Å². The van der Waals surface area contributed by atoms with Crippen LogP contribution in [0.2, 0.25) is 0 Å². The van der Waals surface area contributed by atoms with E-state index in [9.17, 15) is 0 Å². The number of imidazole rings is 1. The highest BCUT2D eigenvalue weighted by Crippen LogP contribution is 2.37. The van der Waals surface area contributed by atoms with Gasteiger partial charge in [0.2, 0.25) is 0 Å². The van der Waals surface area contributed by atoms with E-state index in [1.54, 1.807) is 11.3 Å². The number of benzene rings is 3. The highest BCUT2D eigenvalue weighted by Gasteiger charge is 2.51. The molecule has 0 N–H and O–H groups in total. The number of para-hydroxylation sites is 1. The third-order valence-electron chi connectivity index (χ3n) is 6.68. The molecular formula is C25H23BN2O2S. The fourth-order valence-electron chi connectivity index (χ4n) is 4.21. The van der Waals surface area contributed by atoms with Crippen LogP contribution in [0.5, 0.6) is 0 Å². The molecule has 1 aliphatic rings. The Morgan fingerprint density at radius 1 is 0.806 bits per heavy atom. The first-order valence-electron chi connectivity index (χ1n) is 10.6. The number of thiazole rings is 1. The van der Waals surface area contributed by atoms with E-state index in [0.29, 0.717) is 0 Å². The Balaban J connectivity index is 1.41. The third-order valence-corrected chi connectivity index (χ3v) is 7.70. The summed E-state index contributed by atoms with van der Waals surface area (Å²) in [7, 11) is -0.363. The monoisotopic (exact) mass is 426 g/mol. The number of hydrogen-bond acceptors (Lipinski definition) is 4. The summed E-state index contributed by atoms with van der Waals surface area (Å²) in [5, 5.41) is 0. The average Bonchev–Trinajstić information content (AvgIpc) is 3.34. The van der Waals surface area contributed by atoms with Gasteiger partial charge in [-0.1, -0.05) is 53.8 Å². The molecule has 1 fully saturated rings. The van der Waals surface area contributed by atoms with Gasteiger partial charge in [0.25, 0.3) is 0 Å². The van der Waals surface area contributed by atoms with E-state index < -0.39 is 0 Å². The molecule has 0 spiro atoms. The Labute approximate surface area is 185 Å². The van der Waals surface area contributed by atoms with Crippen LogP contribution in [0.3, 0.4) is 0 Å². The van der Waals surface area contributed by atoms with Crippen molar-refractivity contribution in [3.05, 3.63) is 66.7 Å². The summed E-state index contributed by atoms with van der Waals surface area (Å²) < 4.78 is 16.0. The standard InChI is InChI=1S/C25H23BN2O2S/c1-24(2)25(3,4)30-26(29-24)18-9-7-8-16(14-18)17-12-13-20-19(15-17)27-23-28(20)21-10-5-6-11-22(21)31-23/h5-15H,1-4H3. The SMILES string of the molecule is CC1(C)OB(c2cccc(-c3ccc4c(c3)nc3sc5ccccc5n34)c2)OC1(C)C. The zero-order valence-electron chi connectivity index (χ0n) is 18.0. The topological polar surface area (TPSA) is 35.8 Å². The minimum absolute atomic E-state index is 0.350. The van der Waals surface area contributed by atoms with E-state index in [1.165, 1.54) is 10.2 Å². The maximum Gasteiger partial charge on any atom is 0.494 e. The van der Waals surface area contributed by atoms with E-state index in [0.717, 1.165) is 32.6 Å². The fraction of sp³-hybridized carbons (Fsp3) is 0.240. The van der Waals surface area contributed by atoms with Gasteiger partial charge < -0.3 is 9.31 Å². The zero-order valence-corrected chi connectivity index (χ0v) is 18.9. The van der Waals surface area contributed by atoms with Crippen molar-refractivity contribution in [2.75, 3.05) is 0 Å². The van der Waals surface area contributed by atoms with Crippen molar-refractivity contribution in [1.29, 1.82) is 0 Å². The Morgan fingerprint density at radius 3 is 2.35 bits per heavy atom. The lowest BCUT2D eigenvalue weighted by Gasteiger charge is -2.32. The first-order chi connectivity index (χ1) is 14.8. The van der Waals surface area contributed by atoms with Crippen molar-refractivity contribution in [3.8, 4) is 11.1 Å². The highest BCUT2D eigenvalue weighted by molar-refractivity contribution is 7.23. The van der Waals surface area contributed by atoms with Crippen molar-refractivity contribution in [1.82, 2.24) is 9.38 Å². The van der Waals surface area contributed by atoms with Crippen LogP contribution < -0.4 is 5.46 Å². The molecule has 2 aromatic heterocycles. The molecule has 0 amide bonds. The lowest BCUT2D eigenvalue weighted by Crippen LogP contribution is -2.41. The van der Waals surface area contributed by atoms with Crippen molar-refractivity contribution in [2.24, 2.45) is 0 Å². The van der Waals surface area contributed by atoms with Gasteiger partial charge in [-0.3, -0.25) is 4.40 Å². The maximum atomic E-state index is 6.25. The normalized spacial score (nSPS) is 17.9. The first kappa shape index (κ1) is 19.1. The molecule has 154 valence electrons. The molecule has 0 aliphatic carbocycles. The minimum Gasteiger partial charge on any atom is -0.399 e. The molecule has 1 saturated heterocycles. The van der Waals surface area contributed by atoms with Crippen LogP contribution in [0, 0.1) is 0 Å². The quantitative estimate of drug-likeness (QED) is 0.342. The van der Waals surface area contributed by atoms with Crippen molar-refractivity contribution in [2.45, 2.75) is 38.9 Å². The van der Waals surface area contributed by atoms with E-state index in [4.69, 9.17) is 14.3 Å². The summed E-state index contributed by atoms with van der Waals surface area (Å²) in [5.74, 6) is 0. The molecule has 3 aromatic carbocycles. The van der Waals surface area contributed by atoms with Gasteiger partial charge in [-0.2, -0.15) is 0 Å². The molecule has 0 saturated carbocycles. The molecule has 31 heavy (non-hydrogen) atoms. The van der Waals surface area contributed by atoms with Crippen molar-refractivity contribution >= 4 is 50.1 Å². The molecule has 0 radical (unpaired) electrons. The fourth-order valence-corrected chi connectivity index (χ4v) is 5.25. The summed E-state index contributed by atoms with van der Waals surface area (Å²) in [6.07, 6.45) is 0. The van der Waals surface area contributed by atoms with E-state index in [2.05, 4.69) is 98.8 Å². The molecule has 3 heterocycles. The molecule has 0 unspecified atom stereocenters. The molecule has 5 aromatic rings. The second-order valence-electron chi connectivity index (χ2n) is 9.22. The minimum atomic E-state index is -0.363. The number of rotatable bonds is 2. The van der Waals surface area contributed by atoms with Crippen LogP contribution in [0.1, 0.15) is 27.7 Å². The van der Waals surface area contributed by atoms with Crippen molar-refractivity contribution < 1.29 is 9.31 Å². The summed E-state index contributed by atoms with van der Waals surface area (Å²) in [6.45, 7) is 8.33. The van der Waals surface area contributed by atoms with Crippen LogP contribution in [-0.4, -0.2) is 27.7 Å². The average molecular weight is 426 g/mol. The van der Waals surface area contributed by atoms with Gasteiger partial charge in [0.05, 0.1) is 32.5 Å². The second-order valence-corrected chi connectivity index (χ2v) is 10.2. The summed E-state index contributed by atoms with van der Waals surface area (Å²) >= 11 is 1.73. The number of aromatic nitrogens is 2. The van der Waals surface area contributed by atoms with Crippen LogP contribution in [0.25, 0.3) is 37.3 Å². The number of hydrogen-bond donors (Lipinski definition) is 0. The first-order valence-corrected chi connectivity index (χ1v) is 11.4. The summed E-state index contributed by atoms with van der Waals surface area (Å²) in [4.78, 5) is 5.94. The predicted octanol–water partition coefficient (Wildman–Crippen LogP) is 5.67. The van der Waals surface area contributed by atoms with Gasteiger partial charge in [-0.15, -0.1) is 0 Å². The van der Waals surface area contributed by atoms with Gasteiger partial charge >= 0.3 is 7.12 Å². The number of nitrogens with zero attached hydrogens (tertiary/aromatic N) is 2. The number of fused-ring (bicyclic) bond motifs is 5. The molecule has 0 atom stereocenters. The Morgan fingerprint density at radius 2 is 1.55 bits per heavy atom. The van der Waals surface area contributed by atoms with Gasteiger partial charge in [0.1, 0.15) is 0 Å².